The van der Waals surface area contributed by atoms with E-state index in [9.17, 15) is 14.4 Å². The fourth-order valence-electron chi connectivity index (χ4n) is 3.65. The lowest BCUT2D eigenvalue weighted by atomic mass is 9.95. The third kappa shape index (κ3) is 4.47. The van der Waals surface area contributed by atoms with E-state index in [-0.39, 0.29) is 30.2 Å². The van der Waals surface area contributed by atoms with Gasteiger partial charge in [-0.3, -0.25) is 14.4 Å². The summed E-state index contributed by atoms with van der Waals surface area (Å²) in [5.41, 5.74) is 2.01. The molecule has 0 aliphatic carbocycles. The van der Waals surface area contributed by atoms with Crippen LogP contribution in [-0.2, 0) is 19.1 Å². The first-order valence-corrected chi connectivity index (χ1v) is 9.42. The highest BCUT2D eigenvalue weighted by Gasteiger charge is 2.35. The Morgan fingerprint density at radius 3 is 2.56 bits per heavy atom. The smallest absolute Gasteiger partial charge is 0.246 e. The Hall–Kier alpha value is -2.41. The quantitative estimate of drug-likeness (QED) is 0.774. The van der Waals surface area contributed by atoms with Gasteiger partial charge in [-0.15, -0.1) is 0 Å². The fourth-order valence-corrected chi connectivity index (χ4v) is 3.65. The zero-order valence-electron chi connectivity index (χ0n) is 16.0. The number of rotatable bonds is 5. The Kier molecular flexibility index (Phi) is 6.11. The number of piperidine rings is 1. The molecule has 2 saturated heterocycles. The van der Waals surface area contributed by atoms with Gasteiger partial charge in [0, 0.05) is 45.4 Å². The molecular weight excluding hydrogens is 346 g/mol. The standard InChI is InChI=1S/C20H27N3O4/c1-15-3-6-17(7-4-15)23-10-9-22(14-19(23)25)20(26)16-5-8-18(24)21(13-16)11-12-27-2/h3-4,6-7,16H,5,8-14H2,1-2H3/t16-/m0/s1. The molecule has 0 aromatic heterocycles. The molecule has 1 aromatic rings. The fraction of sp³-hybridized carbons (Fsp3) is 0.550. The first kappa shape index (κ1) is 19.4. The molecule has 0 saturated carbocycles. The average Bonchev–Trinajstić information content (AvgIpc) is 2.67. The van der Waals surface area contributed by atoms with Crippen LogP contribution in [0.5, 0.6) is 0 Å². The SMILES string of the molecule is COCCN1C[C@@H](C(=O)N2CCN(c3ccc(C)cc3)C(=O)C2)CCC1=O. The molecule has 2 aliphatic heterocycles. The third-order valence-corrected chi connectivity index (χ3v) is 5.29. The zero-order valence-corrected chi connectivity index (χ0v) is 16.0. The van der Waals surface area contributed by atoms with Gasteiger partial charge in [0.15, 0.2) is 0 Å². The molecule has 2 aliphatic rings. The molecule has 146 valence electrons. The van der Waals surface area contributed by atoms with E-state index < -0.39 is 0 Å². The molecule has 7 nitrogen and oxygen atoms in total. The van der Waals surface area contributed by atoms with Crippen molar-refractivity contribution in [3.05, 3.63) is 29.8 Å². The zero-order chi connectivity index (χ0) is 19.4. The summed E-state index contributed by atoms with van der Waals surface area (Å²) >= 11 is 0. The third-order valence-electron chi connectivity index (χ3n) is 5.29. The van der Waals surface area contributed by atoms with Crippen LogP contribution in [-0.4, -0.2) is 74.0 Å². The number of likely N-dealkylation sites (tertiary alicyclic amines) is 1. The van der Waals surface area contributed by atoms with Crippen molar-refractivity contribution in [2.24, 2.45) is 5.92 Å². The maximum Gasteiger partial charge on any atom is 0.246 e. The summed E-state index contributed by atoms with van der Waals surface area (Å²) in [5.74, 6) is -0.266. The van der Waals surface area contributed by atoms with E-state index in [1.807, 2.05) is 31.2 Å². The van der Waals surface area contributed by atoms with E-state index >= 15 is 0 Å². The Balaban J connectivity index is 1.59. The lowest BCUT2D eigenvalue weighted by molar-refractivity contribution is -0.146. The van der Waals surface area contributed by atoms with Crippen LogP contribution in [0.2, 0.25) is 0 Å². The molecule has 0 radical (unpaired) electrons. The first-order chi connectivity index (χ1) is 13.0. The molecule has 1 aromatic carbocycles. The number of carbonyl (C=O) groups excluding carboxylic acids is 3. The van der Waals surface area contributed by atoms with E-state index in [0.717, 1.165) is 11.3 Å². The van der Waals surface area contributed by atoms with E-state index in [4.69, 9.17) is 4.74 Å². The number of hydrogen-bond acceptors (Lipinski definition) is 4. The summed E-state index contributed by atoms with van der Waals surface area (Å²) < 4.78 is 5.04. The van der Waals surface area contributed by atoms with Crippen molar-refractivity contribution < 1.29 is 19.1 Å². The van der Waals surface area contributed by atoms with Crippen molar-refractivity contribution >= 4 is 23.4 Å². The van der Waals surface area contributed by atoms with Crippen molar-refractivity contribution in [3.8, 4) is 0 Å². The second-order valence-electron chi connectivity index (χ2n) is 7.21. The number of hydrogen-bond donors (Lipinski definition) is 0. The Labute approximate surface area is 159 Å². The van der Waals surface area contributed by atoms with Gasteiger partial charge >= 0.3 is 0 Å². The van der Waals surface area contributed by atoms with Gasteiger partial charge in [0.1, 0.15) is 6.54 Å². The molecular formula is C20H27N3O4. The van der Waals surface area contributed by atoms with Crippen LogP contribution in [0.1, 0.15) is 18.4 Å². The van der Waals surface area contributed by atoms with Gasteiger partial charge in [-0.25, -0.2) is 0 Å². The van der Waals surface area contributed by atoms with E-state index in [1.54, 1.807) is 21.8 Å². The molecule has 3 amide bonds. The van der Waals surface area contributed by atoms with Crippen LogP contribution in [0.3, 0.4) is 0 Å². The van der Waals surface area contributed by atoms with Gasteiger partial charge in [-0.1, -0.05) is 17.7 Å². The molecule has 27 heavy (non-hydrogen) atoms. The van der Waals surface area contributed by atoms with Crippen molar-refractivity contribution in [1.82, 2.24) is 9.80 Å². The highest BCUT2D eigenvalue weighted by atomic mass is 16.5. The molecule has 0 bridgehead atoms. The number of anilines is 1. The van der Waals surface area contributed by atoms with E-state index in [2.05, 4.69) is 0 Å². The van der Waals surface area contributed by atoms with Crippen molar-refractivity contribution in [1.29, 1.82) is 0 Å². The lowest BCUT2D eigenvalue weighted by Gasteiger charge is -2.38. The van der Waals surface area contributed by atoms with E-state index in [0.29, 0.717) is 45.6 Å². The van der Waals surface area contributed by atoms with Crippen LogP contribution in [0, 0.1) is 12.8 Å². The molecule has 1 atom stereocenters. The second-order valence-corrected chi connectivity index (χ2v) is 7.21. The average molecular weight is 373 g/mol. The maximum absolute atomic E-state index is 12.9. The topological polar surface area (TPSA) is 70.2 Å². The van der Waals surface area contributed by atoms with Crippen LogP contribution in [0.15, 0.2) is 24.3 Å². The highest BCUT2D eigenvalue weighted by Crippen LogP contribution is 2.23. The Bertz CT molecular complexity index is 704. The van der Waals surface area contributed by atoms with Gasteiger partial charge in [-0.2, -0.15) is 0 Å². The predicted molar refractivity (Wildman–Crippen MR) is 101 cm³/mol. The monoisotopic (exact) mass is 373 g/mol. The number of methoxy groups -OCH3 is 1. The first-order valence-electron chi connectivity index (χ1n) is 9.42. The molecule has 7 heteroatoms. The van der Waals surface area contributed by atoms with Gasteiger partial charge in [-0.05, 0) is 25.5 Å². The second kappa shape index (κ2) is 8.52. The van der Waals surface area contributed by atoms with Crippen molar-refractivity contribution in [3.63, 3.8) is 0 Å². The minimum atomic E-state index is -0.238. The minimum Gasteiger partial charge on any atom is -0.383 e. The molecule has 3 rings (SSSR count). The number of ether oxygens (including phenoxy) is 1. The van der Waals surface area contributed by atoms with Crippen LogP contribution < -0.4 is 4.90 Å². The summed E-state index contributed by atoms with van der Waals surface area (Å²) in [4.78, 5) is 42.6. The van der Waals surface area contributed by atoms with Crippen LogP contribution >= 0.6 is 0 Å². The number of nitrogens with zero attached hydrogens (tertiary/aromatic N) is 3. The van der Waals surface area contributed by atoms with Crippen molar-refractivity contribution in [2.75, 3.05) is 51.3 Å². The van der Waals surface area contributed by atoms with Crippen LogP contribution in [0.4, 0.5) is 5.69 Å². The van der Waals surface area contributed by atoms with E-state index in [1.165, 1.54) is 0 Å². The maximum atomic E-state index is 12.9. The highest BCUT2D eigenvalue weighted by molar-refractivity contribution is 5.98. The number of benzene rings is 1. The summed E-state index contributed by atoms with van der Waals surface area (Å²) in [6, 6.07) is 7.83. The largest absolute Gasteiger partial charge is 0.383 e. The van der Waals surface area contributed by atoms with Gasteiger partial charge in [0.05, 0.1) is 12.5 Å². The van der Waals surface area contributed by atoms with Gasteiger partial charge in [0.2, 0.25) is 17.7 Å². The summed E-state index contributed by atoms with van der Waals surface area (Å²) in [6.45, 7) is 4.48. The molecule has 0 unspecified atom stereocenters. The number of carbonyl (C=O) groups is 3. The molecule has 2 fully saturated rings. The normalized spacial score (nSPS) is 21.0. The lowest BCUT2D eigenvalue weighted by Crippen LogP contribution is -2.55. The van der Waals surface area contributed by atoms with Crippen LogP contribution in [0.25, 0.3) is 0 Å². The minimum absolute atomic E-state index is 0.0261. The van der Waals surface area contributed by atoms with Gasteiger partial charge < -0.3 is 19.4 Å². The molecule has 0 N–H and O–H groups in total. The summed E-state index contributed by atoms with van der Waals surface area (Å²) in [5, 5.41) is 0. The number of aryl methyl sites for hydroxylation is 1. The number of amides is 3. The van der Waals surface area contributed by atoms with Crippen molar-refractivity contribution in [2.45, 2.75) is 19.8 Å². The Morgan fingerprint density at radius 2 is 1.89 bits per heavy atom. The molecule has 2 heterocycles. The summed E-state index contributed by atoms with van der Waals surface area (Å²) in [7, 11) is 1.59. The van der Waals surface area contributed by atoms with Gasteiger partial charge in [0.25, 0.3) is 0 Å². The Morgan fingerprint density at radius 1 is 1.15 bits per heavy atom. The number of piperazine rings is 1. The summed E-state index contributed by atoms with van der Waals surface area (Å²) in [6.07, 6.45) is 0.922. The molecule has 0 spiro atoms. The predicted octanol–water partition coefficient (Wildman–Crippen LogP) is 1.06.